The van der Waals surface area contributed by atoms with Crippen molar-refractivity contribution in [1.82, 2.24) is 53.9 Å². The maximum Gasteiger partial charge on any atom is 0.125 e. The van der Waals surface area contributed by atoms with Crippen LogP contribution in [-0.2, 0) is 52.1 Å². The van der Waals surface area contributed by atoms with Gasteiger partial charge in [0.25, 0.3) is 0 Å². The van der Waals surface area contributed by atoms with E-state index in [1.165, 1.54) is 220 Å². The molecule has 0 aromatic carbocycles. The Balaban J connectivity index is 0.000000119. The molecule has 4 atom stereocenters. The van der Waals surface area contributed by atoms with E-state index in [9.17, 15) is 0 Å². The average Bonchev–Trinajstić information content (AvgIpc) is 1.20. The Hall–Kier alpha value is -0.880. The minimum atomic E-state index is 0.189. The van der Waals surface area contributed by atoms with Crippen LogP contribution in [0.15, 0.2) is 0 Å². The molecule has 11 spiro atoms. The quantitative estimate of drug-likeness (QED) is 0.194. The van der Waals surface area contributed by atoms with Crippen LogP contribution in [0.4, 0.5) is 0 Å². The second kappa shape index (κ2) is 40.2. The molecule has 22 fully saturated rings. The van der Waals surface area contributed by atoms with Crippen LogP contribution in [0, 0.1) is 16.2 Å². The van der Waals surface area contributed by atoms with Gasteiger partial charge in [0, 0.05) is 238 Å². The molecule has 0 aromatic rings. The summed E-state index contributed by atoms with van der Waals surface area (Å²) in [5.41, 5.74) is 4.50. The van der Waals surface area contributed by atoms with E-state index < -0.39 is 0 Å². The van der Waals surface area contributed by atoms with E-state index in [1.807, 2.05) is 0 Å². The lowest BCUT2D eigenvalue weighted by Crippen LogP contribution is -2.72. The van der Waals surface area contributed by atoms with Crippen molar-refractivity contribution in [1.29, 1.82) is 0 Å². The zero-order chi connectivity index (χ0) is 84.0. The van der Waals surface area contributed by atoms with Gasteiger partial charge >= 0.3 is 0 Å². The fourth-order valence-corrected chi connectivity index (χ4v) is 22.8. The second-order valence-electron chi connectivity index (χ2n) is 44.1. The number of likely N-dealkylation sites (tertiary alicyclic amines) is 11. The highest BCUT2D eigenvalue weighted by molar-refractivity contribution is 5.09. The molecule has 0 bridgehead atoms. The van der Waals surface area contributed by atoms with Gasteiger partial charge < -0.3 is 57.0 Å². The van der Waals surface area contributed by atoms with Gasteiger partial charge in [0.2, 0.25) is 0 Å². The molecular weight excluding hydrogens is 1470 g/mol. The lowest BCUT2D eigenvalue weighted by Gasteiger charge is -2.59. The van der Waals surface area contributed by atoms with Crippen molar-refractivity contribution in [2.45, 2.75) is 373 Å². The first-order valence-electron chi connectivity index (χ1n) is 48.5. The van der Waals surface area contributed by atoms with Crippen molar-refractivity contribution in [2.24, 2.45) is 16.2 Å². The highest BCUT2D eigenvalue weighted by Gasteiger charge is 2.57. The molecule has 22 heteroatoms. The highest BCUT2D eigenvalue weighted by atomic mass is 16.6. The van der Waals surface area contributed by atoms with E-state index in [4.69, 9.17) is 52.1 Å². The first kappa shape index (κ1) is 95.2. The zero-order valence-electron chi connectivity index (χ0n) is 79.3. The van der Waals surface area contributed by atoms with Crippen LogP contribution in [-0.4, -0.2) is 389 Å². The molecular formula is C95H179N11O11. The molecule has 0 aliphatic carbocycles. The van der Waals surface area contributed by atoms with Crippen molar-refractivity contribution in [3.63, 3.8) is 0 Å². The van der Waals surface area contributed by atoms with Crippen LogP contribution >= 0.6 is 0 Å². The largest absolute Gasteiger partial charge is 0.381 e. The summed E-state index contributed by atoms with van der Waals surface area (Å²) < 4.78 is 59.9. The third kappa shape index (κ3) is 22.1. The minimum absolute atomic E-state index is 0.189. The fraction of sp³-hybridized carbons (Fsp3) is 1.00. The molecule has 0 amide bonds. The zero-order valence-corrected chi connectivity index (χ0v) is 79.3. The Labute approximate surface area is 715 Å². The number of ether oxygens (including phenoxy) is 11. The molecule has 0 saturated carbocycles. The van der Waals surface area contributed by atoms with E-state index in [-0.39, 0.29) is 11.4 Å². The first-order chi connectivity index (χ1) is 55.5. The van der Waals surface area contributed by atoms with Crippen molar-refractivity contribution in [2.75, 3.05) is 224 Å². The summed E-state index contributed by atoms with van der Waals surface area (Å²) in [6.07, 6.45) is 22.0. The predicted molar refractivity (Wildman–Crippen MR) is 472 cm³/mol. The van der Waals surface area contributed by atoms with E-state index in [2.05, 4.69) is 206 Å². The smallest absolute Gasteiger partial charge is 0.125 e. The number of nitrogens with zero attached hydrogens (tertiary/aromatic N) is 11. The summed E-state index contributed by atoms with van der Waals surface area (Å²) in [5.74, 6) is 0. The van der Waals surface area contributed by atoms with Crippen LogP contribution in [0.25, 0.3) is 0 Å². The standard InChI is InChI=1S/7C9H17NO.4C8H15NO/c1-8(2)10-5-3-9(10)4-6-11-7-9;1-8(2)10-5-3-9(7-10)4-6-11-9;1-8(2)10-5-9(6-10)3-4-11-7-9;1-8(2)10-4-3-9(5-10)6-11-7-9;1-8(2)10-6-3-4-9(10)5-7-11-9;1-8(2)10-6-9(7-10)4-3-5-11-9;1-8(2)10-5-3-4-9(10)6-11-7-9;1-7(2)9-3-8(4-9)5-10-6-8;1-7(2)9-5-3-8(9)4-6-10-8;1-7(2)9-5-8(6-9)3-4-10-8;1-7(2)9-4-3-8(9)5-10-6-8/h7*8H,3-7H2,1-2H3;4*7H,3-6H2,1-2H3. The molecule has 4 unspecified atom stereocenters. The monoisotopic (exact) mass is 1650 g/mol. The van der Waals surface area contributed by atoms with Gasteiger partial charge in [-0.15, -0.1) is 0 Å². The first-order valence-corrected chi connectivity index (χ1v) is 48.5. The van der Waals surface area contributed by atoms with E-state index in [1.54, 1.807) is 0 Å². The normalized spacial score (nSPS) is 33.2. The number of hydrogen-bond donors (Lipinski definition) is 0. The molecule has 22 rings (SSSR count). The molecule has 680 valence electrons. The van der Waals surface area contributed by atoms with Crippen LogP contribution in [0.3, 0.4) is 0 Å². The Kier molecular flexibility index (Phi) is 32.7. The maximum absolute atomic E-state index is 5.72. The van der Waals surface area contributed by atoms with Gasteiger partial charge in [-0.25, -0.2) is 0 Å². The molecule has 22 heterocycles. The van der Waals surface area contributed by atoms with Crippen molar-refractivity contribution in [3.05, 3.63) is 0 Å². The fourth-order valence-electron chi connectivity index (χ4n) is 22.8. The molecule has 22 aliphatic heterocycles. The lowest BCUT2D eigenvalue weighted by molar-refractivity contribution is -0.299. The van der Waals surface area contributed by atoms with Gasteiger partial charge in [-0.2, -0.15) is 0 Å². The Morgan fingerprint density at radius 3 is 0.803 bits per heavy atom. The summed E-state index contributed by atoms with van der Waals surface area (Å²) in [4.78, 5) is 27.7. The van der Waals surface area contributed by atoms with Gasteiger partial charge in [0.05, 0.1) is 120 Å². The van der Waals surface area contributed by atoms with Gasteiger partial charge in [-0.1, -0.05) is 0 Å². The van der Waals surface area contributed by atoms with E-state index in [0.717, 1.165) is 130 Å². The van der Waals surface area contributed by atoms with Crippen LogP contribution in [0.2, 0.25) is 0 Å². The third-order valence-electron chi connectivity index (χ3n) is 31.9. The topological polar surface area (TPSA) is 137 Å². The molecule has 0 aromatic heterocycles. The van der Waals surface area contributed by atoms with Crippen LogP contribution < -0.4 is 0 Å². The maximum atomic E-state index is 5.72. The van der Waals surface area contributed by atoms with Crippen molar-refractivity contribution < 1.29 is 52.1 Å². The summed E-state index contributed by atoms with van der Waals surface area (Å²) in [6.45, 7) is 87.6. The summed E-state index contributed by atoms with van der Waals surface area (Å²) in [5, 5.41) is 0. The Bertz CT molecular complexity index is 2730. The molecule has 0 N–H and O–H groups in total. The van der Waals surface area contributed by atoms with Crippen molar-refractivity contribution >= 4 is 0 Å². The van der Waals surface area contributed by atoms with Crippen molar-refractivity contribution in [3.8, 4) is 0 Å². The van der Waals surface area contributed by atoms with E-state index >= 15 is 0 Å². The van der Waals surface area contributed by atoms with Crippen LogP contribution in [0.5, 0.6) is 0 Å². The number of hydrogen-bond acceptors (Lipinski definition) is 22. The third-order valence-corrected chi connectivity index (χ3v) is 31.9. The average molecular weight is 1650 g/mol. The van der Waals surface area contributed by atoms with Gasteiger partial charge in [-0.05, 0) is 242 Å². The van der Waals surface area contributed by atoms with E-state index in [0.29, 0.717) is 98.0 Å². The molecule has 0 radical (unpaired) electrons. The molecule has 22 aliphatic rings. The highest BCUT2D eigenvalue weighted by Crippen LogP contribution is 2.47. The SMILES string of the molecule is CC(C)N1CC2(CCCO2)C1.CC(C)N1CC2(CCO2)C1.CC(C)N1CC2(CCOC2)C1.CC(C)N1CC2(COC2)C1.CC(C)N1CCC12CCO2.CC(C)N1CCC12CCOC2.CC(C)N1CCC12COC2.CC(C)N1CCC2(CCO2)C1.CC(C)N1CCC2(COC2)C1.CC(C)N1CCCC12CCO2.CC(C)N1CCCC12COC2. The van der Waals surface area contributed by atoms with Gasteiger partial charge in [0.15, 0.2) is 0 Å². The summed E-state index contributed by atoms with van der Waals surface area (Å²) in [7, 11) is 0. The van der Waals surface area contributed by atoms with Gasteiger partial charge in [-0.3, -0.25) is 49.0 Å². The minimum Gasteiger partial charge on any atom is -0.381 e. The summed E-state index contributed by atoms with van der Waals surface area (Å²) in [6, 6.07) is 7.68. The lowest BCUT2D eigenvalue weighted by atomic mass is 9.77. The van der Waals surface area contributed by atoms with Gasteiger partial charge in [0.1, 0.15) is 11.4 Å². The molecule has 117 heavy (non-hydrogen) atoms. The Morgan fingerprint density at radius 1 is 0.188 bits per heavy atom. The second-order valence-corrected chi connectivity index (χ2v) is 44.1. The predicted octanol–water partition coefficient (Wildman–Crippen LogP) is 12.6. The molecule has 22 nitrogen and oxygen atoms in total. The van der Waals surface area contributed by atoms with Crippen LogP contribution in [0.1, 0.15) is 261 Å². The Morgan fingerprint density at radius 2 is 0.521 bits per heavy atom. The molecule has 22 saturated heterocycles. The number of rotatable bonds is 11. The summed E-state index contributed by atoms with van der Waals surface area (Å²) >= 11 is 0.